The Morgan fingerprint density at radius 1 is 1.12 bits per heavy atom. The van der Waals surface area contributed by atoms with Gasteiger partial charge in [0.15, 0.2) is 5.76 Å². The van der Waals surface area contributed by atoms with Crippen molar-refractivity contribution in [3.05, 3.63) is 53.5 Å². The molecule has 1 amide bonds. The van der Waals surface area contributed by atoms with Gasteiger partial charge in [-0.1, -0.05) is 12.1 Å². The third-order valence-electron chi connectivity index (χ3n) is 3.94. The normalized spacial score (nSPS) is 15.6. The minimum Gasteiger partial charge on any atom is -0.455 e. The summed E-state index contributed by atoms with van der Waals surface area (Å²) in [7, 11) is 0. The van der Waals surface area contributed by atoms with Crippen LogP contribution in [0.25, 0.3) is 0 Å². The van der Waals surface area contributed by atoms with E-state index in [1.165, 1.54) is 24.3 Å². The van der Waals surface area contributed by atoms with Gasteiger partial charge in [0.25, 0.3) is 5.91 Å². The summed E-state index contributed by atoms with van der Waals surface area (Å²) in [5, 5.41) is 2.27. The summed E-state index contributed by atoms with van der Waals surface area (Å²) in [5.74, 6) is -0.0632. The van der Waals surface area contributed by atoms with Crippen LogP contribution in [0.3, 0.4) is 0 Å². The molecule has 2 aromatic rings. The summed E-state index contributed by atoms with van der Waals surface area (Å²) in [5.41, 5.74) is -1.17. The first-order valence-electron chi connectivity index (χ1n) is 7.72. The highest BCUT2D eigenvalue weighted by Gasteiger charge is 2.33. The van der Waals surface area contributed by atoms with Crippen molar-refractivity contribution < 1.29 is 22.4 Å². The first kappa shape index (κ1) is 16.6. The van der Waals surface area contributed by atoms with Crippen molar-refractivity contribution in [2.24, 2.45) is 0 Å². The number of anilines is 1. The summed E-state index contributed by atoms with van der Waals surface area (Å²) in [4.78, 5) is 14.4. The maximum absolute atomic E-state index is 13.0. The Morgan fingerprint density at radius 2 is 1.83 bits per heavy atom. The zero-order valence-corrected chi connectivity index (χ0v) is 12.9. The van der Waals surface area contributed by atoms with Gasteiger partial charge in [0, 0.05) is 0 Å². The first-order valence-corrected chi connectivity index (χ1v) is 7.72. The van der Waals surface area contributed by atoms with Gasteiger partial charge >= 0.3 is 6.18 Å². The lowest BCUT2D eigenvalue weighted by molar-refractivity contribution is -0.136. The molecule has 1 aromatic heterocycles. The number of carbonyl (C=O) groups excluding carboxylic acids is 1. The molecule has 1 aliphatic rings. The number of amides is 1. The van der Waals surface area contributed by atoms with E-state index in [9.17, 15) is 18.0 Å². The van der Waals surface area contributed by atoms with Gasteiger partial charge in [0.1, 0.15) is 5.76 Å². The zero-order chi connectivity index (χ0) is 17.2. The molecule has 1 aromatic carbocycles. The average Bonchev–Trinajstić information content (AvgIpc) is 3.19. The van der Waals surface area contributed by atoms with Gasteiger partial charge in [-0.05, 0) is 50.2 Å². The third kappa shape index (κ3) is 3.79. The maximum Gasteiger partial charge on any atom is 0.418 e. The van der Waals surface area contributed by atoms with Crippen LogP contribution in [0.2, 0.25) is 0 Å². The number of rotatable bonds is 4. The van der Waals surface area contributed by atoms with E-state index in [1.54, 1.807) is 6.07 Å². The highest BCUT2D eigenvalue weighted by atomic mass is 19.4. The van der Waals surface area contributed by atoms with Crippen LogP contribution in [0.4, 0.5) is 18.9 Å². The van der Waals surface area contributed by atoms with E-state index in [2.05, 4.69) is 10.2 Å². The second-order valence-electron chi connectivity index (χ2n) is 5.75. The molecule has 0 radical (unpaired) electrons. The van der Waals surface area contributed by atoms with E-state index >= 15 is 0 Å². The molecule has 128 valence electrons. The summed E-state index contributed by atoms with van der Waals surface area (Å²) >= 11 is 0. The number of benzene rings is 1. The standard InChI is InChI=1S/C17H17F3N2O2/c18-17(19,20)13-5-1-2-6-14(13)21-16(23)15-8-7-12(24-15)11-22-9-3-4-10-22/h1-2,5-8H,3-4,9-11H2,(H,21,23). The van der Waals surface area contributed by atoms with Gasteiger partial charge in [-0.2, -0.15) is 13.2 Å². The largest absolute Gasteiger partial charge is 0.455 e. The molecule has 1 saturated heterocycles. The monoisotopic (exact) mass is 338 g/mol. The van der Waals surface area contributed by atoms with Crippen LogP contribution >= 0.6 is 0 Å². The summed E-state index contributed by atoms with van der Waals surface area (Å²) in [6.07, 6.45) is -2.25. The smallest absolute Gasteiger partial charge is 0.418 e. The van der Waals surface area contributed by atoms with Gasteiger partial charge in [-0.15, -0.1) is 0 Å². The van der Waals surface area contributed by atoms with Crippen molar-refractivity contribution in [3.63, 3.8) is 0 Å². The van der Waals surface area contributed by atoms with Crippen LogP contribution in [0.5, 0.6) is 0 Å². The molecule has 1 fully saturated rings. The number of halogens is 3. The van der Waals surface area contributed by atoms with Crippen molar-refractivity contribution >= 4 is 11.6 Å². The van der Waals surface area contributed by atoms with E-state index in [0.29, 0.717) is 12.3 Å². The second kappa shape index (κ2) is 6.68. The van der Waals surface area contributed by atoms with Gasteiger partial charge in [0.05, 0.1) is 17.8 Å². The topological polar surface area (TPSA) is 45.5 Å². The molecule has 0 saturated carbocycles. The Kier molecular flexibility index (Phi) is 4.62. The van der Waals surface area contributed by atoms with Crippen molar-refractivity contribution in [1.82, 2.24) is 4.90 Å². The van der Waals surface area contributed by atoms with Gasteiger partial charge in [0.2, 0.25) is 0 Å². The lowest BCUT2D eigenvalue weighted by atomic mass is 10.1. The fourth-order valence-corrected chi connectivity index (χ4v) is 2.77. The predicted octanol–water partition coefficient (Wildman–Crippen LogP) is 4.15. The highest BCUT2D eigenvalue weighted by molar-refractivity contribution is 6.02. The molecule has 1 aliphatic heterocycles. The molecule has 4 nitrogen and oxygen atoms in total. The molecule has 0 aliphatic carbocycles. The van der Waals surface area contributed by atoms with E-state index in [1.807, 2.05) is 0 Å². The van der Waals surface area contributed by atoms with Crippen LogP contribution < -0.4 is 5.32 Å². The van der Waals surface area contributed by atoms with E-state index in [4.69, 9.17) is 4.42 Å². The Labute approximate surface area is 137 Å². The molecule has 0 bridgehead atoms. The number of nitrogens with zero attached hydrogens (tertiary/aromatic N) is 1. The van der Waals surface area contributed by atoms with Crippen LogP contribution in [0, 0.1) is 0 Å². The average molecular weight is 338 g/mol. The highest BCUT2D eigenvalue weighted by Crippen LogP contribution is 2.34. The zero-order valence-electron chi connectivity index (χ0n) is 12.9. The maximum atomic E-state index is 13.0. The number of alkyl halides is 3. The van der Waals surface area contributed by atoms with Gasteiger partial charge < -0.3 is 9.73 Å². The van der Waals surface area contributed by atoms with Crippen molar-refractivity contribution in [2.75, 3.05) is 18.4 Å². The van der Waals surface area contributed by atoms with Crippen LogP contribution in [-0.4, -0.2) is 23.9 Å². The lowest BCUT2D eigenvalue weighted by Gasteiger charge is -2.13. The van der Waals surface area contributed by atoms with Crippen molar-refractivity contribution in [1.29, 1.82) is 0 Å². The molecule has 3 rings (SSSR count). The van der Waals surface area contributed by atoms with E-state index in [-0.39, 0.29) is 11.4 Å². The quantitative estimate of drug-likeness (QED) is 0.911. The number of likely N-dealkylation sites (tertiary alicyclic amines) is 1. The molecule has 0 unspecified atom stereocenters. The predicted molar refractivity (Wildman–Crippen MR) is 82.6 cm³/mol. The summed E-state index contributed by atoms with van der Waals surface area (Å²) in [6.45, 7) is 2.58. The summed E-state index contributed by atoms with van der Waals surface area (Å²) in [6, 6.07) is 8.02. The van der Waals surface area contributed by atoms with Crippen molar-refractivity contribution in [2.45, 2.75) is 25.6 Å². The third-order valence-corrected chi connectivity index (χ3v) is 3.94. The van der Waals surface area contributed by atoms with Crippen LogP contribution in [-0.2, 0) is 12.7 Å². The van der Waals surface area contributed by atoms with Crippen molar-refractivity contribution in [3.8, 4) is 0 Å². The van der Waals surface area contributed by atoms with E-state index in [0.717, 1.165) is 32.0 Å². The number of furan rings is 1. The van der Waals surface area contributed by atoms with Crippen LogP contribution in [0.15, 0.2) is 40.8 Å². The minimum atomic E-state index is -4.53. The Hall–Kier alpha value is -2.28. The molecule has 24 heavy (non-hydrogen) atoms. The Morgan fingerprint density at radius 3 is 2.54 bits per heavy atom. The fourth-order valence-electron chi connectivity index (χ4n) is 2.77. The molecule has 0 spiro atoms. The number of nitrogens with one attached hydrogen (secondary N) is 1. The summed E-state index contributed by atoms with van der Waals surface area (Å²) < 4.78 is 44.3. The molecule has 7 heteroatoms. The van der Waals surface area contributed by atoms with E-state index < -0.39 is 17.6 Å². The molecular weight excluding hydrogens is 321 g/mol. The minimum absolute atomic E-state index is 0.00109. The van der Waals surface area contributed by atoms with Gasteiger partial charge in [-0.25, -0.2) is 0 Å². The molecule has 2 heterocycles. The molecule has 1 N–H and O–H groups in total. The Bertz CT molecular complexity index is 719. The Balaban J connectivity index is 1.70. The number of hydrogen-bond donors (Lipinski definition) is 1. The number of carbonyl (C=O) groups is 1. The second-order valence-corrected chi connectivity index (χ2v) is 5.75. The molecular formula is C17H17F3N2O2. The number of hydrogen-bond acceptors (Lipinski definition) is 3. The van der Waals surface area contributed by atoms with Crippen LogP contribution in [0.1, 0.15) is 34.7 Å². The molecule has 0 atom stereocenters. The lowest BCUT2D eigenvalue weighted by Crippen LogP contribution is -2.18. The van der Waals surface area contributed by atoms with Gasteiger partial charge in [-0.3, -0.25) is 9.69 Å². The first-order chi connectivity index (χ1) is 11.4. The fraction of sp³-hybridized carbons (Fsp3) is 0.353. The SMILES string of the molecule is O=C(Nc1ccccc1C(F)(F)F)c1ccc(CN2CCCC2)o1. The number of para-hydroxylation sites is 1.